The Labute approximate surface area is 215 Å². The molecule has 8 N–H and O–H groups in total. The quantitative estimate of drug-likeness (QED) is 0.0763. The van der Waals surface area contributed by atoms with Gasteiger partial charge in [0.15, 0.2) is 0 Å². The molecule has 0 heterocycles. The van der Waals surface area contributed by atoms with Gasteiger partial charge in [-0.25, -0.2) is 0 Å². The molecular formula is C22H30N4O10S. The molecule has 0 spiro atoms. The number of hydrogen-bond donors (Lipinski definition) is 8. The van der Waals surface area contributed by atoms with Crippen LogP contribution in [0.4, 0.5) is 11.4 Å². The maximum atomic E-state index is 11.1. The number of nitro benzene ring substituents is 2. The molecule has 2 rings (SSSR count). The molecule has 2 aromatic rings. The summed E-state index contributed by atoms with van der Waals surface area (Å²) in [6.45, 7) is -1.49. The molecular weight excluding hydrogens is 512 g/mol. The summed E-state index contributed by atoms with van der Waals surface area (Å²) in [5.41, 5.74) is 0.474. The Morgan fingerprint density at radius 2 is 1.00 bits per heavy atom. The van der Waals surface area contributed by atoms with Crippen molar-refractivity contribution in [2.75, 3.05) is 26.3 Å². The number of aliphatic hydroxyl groups is 6. The maximum absolute atomic E-state index is 11.1. The van der Waals surface area contributed by atoms with Crippen LogP contribution in [0.5, 0.6) is 0 Å². The predicted molar refractivity (Wildman–Crippen MR) is 133 cm³/mol. The van der Waals surface area contributed by atoms with Crippen molar-refractivity contribution in [1.82, 2.24) is 10.6 Å². The topological polar surface area (TPSA) is 232 Å². The van der Waals surface area contributed by atoms with Crippen LogP contribution in [0.1, 0.15) is 21.6 Å². The van der Waals surface area contributed by atoms with E-state index < -0.39 is 58.2 Å². The van der Waals surface area contributed by atoms with Crippen LogP contribution < -0.4 is 10.6 Å². The molecule has 0 fully saturated rings. The molecule has 0 amide bonds. The Morgan fingerprint density at radius 1 is 0.676 bits per heavy atom. The van der Waals surface area contributed by atoms with Gasteiger partial charge in [-0.05, 0) is 11.1 Å². The summed E-state index contributed by atoms with van der Waals surface area (Å²) in [6, 6.07) is 10.7. The van der Waals surface area contributed by atoms with Crippen LogP contribution >= 0.6 is 11.8 Å². The van der Waals surface area contributed by atoms with E-state index in [2.05, 4.69) is 10.6 Å². The number of thioether (sulfide) groups is 1. The lowest BCUT2D eigenvalue weighted by Gasteiger charge is -2.31. The van der Waals surface area contributed by atoms with Crippen LogP contribution in [0.2, 0.25) is 0 Å². The fourth-order valence-electron chi connectivity index (χ4n) is 3.26. The van der Waals surface area contributed by atoms with Crippen LogP contribution in [-0.4, -0.2) is 91.5 Å². The molecule has 6 atom stereocenters. The molecule has 0 aliphatic heterocycles. The van der Waals surface area contributed by atoms with E-state index >= 15 is 0 Å². The summed E-state index contributed by atoms with van der Waals surface area (Å²) in [5, 5.41) is 85.0. The SMILES string of the molecule is O=[N+]([O-])c1ccc(C(SC(c2ccc([N+](=O)[O-])cc2)C(O)NCC(O)CO)C(O)NCC(O)CO)cc1. The first-order chi connectivity index (χ1) is 17.6. The largest absolute Gasteiger partial charge is 0.394 e. The van der Waals surface area contributed by atoms with Crippen molar-refractivity contribution in [3.8, 4) is 0 Å². The van der Waals surface area contributed by atoms with E-state index in [-0.39, 0.29) is 24.5 Å². The van der Waals surface area contributed by atoms with Gasteiger partial charge in [-0.1, -0.05) is 24.3 Å². The highest BCUT2D eigenvalue weighted by Gasteiger charge is 2.31. The van der Waals surface area contributed by atoms with Gasteiger partial charge in [-0.15, -0.1) is 11.8 Å². The second-order valence-corrected chi connectivity index (χ2v) is 9.34. The summed E-state index contributed by atoms with van der Waals surface area (Å²) in [6.07, 6.45) is -5.09. The zero-order valence-corrected chi connectivity index (χ0v) is 20.3. The van der Waals surface area contributed by atoms with Crippen molar-refractivity contribution in [2.24, 2.45) is 0 Å². The van der Waals surface area contributed by atoms with Crippen LogP contribution in [-0.2, 0) is 0 Å². The third kappa shape index (κ3) is 9.26. The first-order valence-corrected chi connectivity index (χ1v) is 12.1. The van der Waals surface area contributed by atoms with E-state index in [0.717, 1.165) is 11.8 Å². The van der Waals surface area contributed by atoms with Crippen LogP contribution in [0.3, 0.4) is 0 Å². The summed E-state index contributed by atoms with van der Waals surface area (Å²) >= 11 is 1.01. The second-order valence-electron chi connectivity index (χ2n) is 8.05. The van der Waals surface area contributed by atoms with Gasteiger partial charge in [0.1, 0.15) is 12.5 Å². The molecule has 0 aliphatic carbocycles. The van der Waals surface area contributed by atoms with Gasteiger partial charge in [0.05, 0.1) is 45.8 Å². The molecule has 0 saturated heterocycles. The third-order valence-electron chi connectivity index (χ3n) is 5.28. The van der Waals surface area contributed by atoms with Crippen LogP contribution in [0, 0.1) is 20.2 Å². The Kier molecular flexibility index (Phi) is 12.3. The fraction of sp³-hybridized carbons (Fsp3) is 0.455. The van der Waals surface area contributed by atoms with Gasteiger partial charge in [0.25, 0.3) is 11.4 Å². The highest BCUT2D eigenvalue weighted by molar-refractivity contribution is 7.99. The van der Waals surface area contributed by atoms with Gasteiger partial charge in [0, 0.05) is 37.4 Å². The first-order valence-electron chi connectivity index (χ1n) is 11.1. The average Bonchev–Trinajstić information content (AvgIpc) is 2.90. The van der Waals surface area contributed by atoms with Gasteiger partial charge in [0.2, 0.25) is 0 Å². The number of nitrogens with one attached hydrogen (secondary N) is 2. The average molecular weight is 543 g/mol. The summed E-state index contributed by atoms with van der Waals surface area (Å²) in [5.74, 6) is 0. The summed E-state index contributed by atoms with van der Waals surface area (Å²) < 4.78 is 0. The maximum Gasteiger partial charge on any atom is 0.269 e. The number of hydrogen-bond acceptors (Lipinski definition) is 13. The highest BCUT2D eigenvalue weighted by Crippen LogP contribution is 2.44. The second kappa shape index (κ2) is 14.9. The third-order valence-corrected chi connectivity index (χ3v) is 6.92. The fourth-order valence-corrected chi connectivity index (χ4v) is 4.69. The van der Waals surface area contributed by atoms with Gasteiger partial charge in [-0.3, -0.25) is 30.9 Å². The first kappa shape index (κ1) is 30.5. The van der Waals surface area contributed by atoms with Crippen molar-refractivity contribution in [3.05, 3.63) is 79.9 Å². The van der Waals surface area contributed by atoms with Crippen molar-refractivity contribution < 1.29 is 40.5 Å². The number of aliphatic hydroxyl groups excluding tert-OH is 6. The zero-order valence-electron chi connectivity index (χ0n) is 19.5. The minimum atomic E-state index is -1.37. The molecule has 0 radical (unpaired) electrons. The van der Waals surface area contributed by atoms with Crippen LogP contribution in [0.15, 0.2) is 48.5 Å². The van der Waals surface area contributed by atoms with E-state index in [0.29, 0.717) is 11.1 Å². The van der Waals surface area contributed by atoms with Crippen molar-refractivity contribution in [1.29, 1.82) is 0 Å². The molecule has 2 aromatic carbocycles. The number of benzene rings is 2. The number of rotatable bonds is 16. The molecule has 37 heavy (non-hydrogen) atoms. The Morgan fingerprint density at radius 3 is 1.27 bits per heavy atom. The molecule has 0 bridgehead atoms. The van der Waals surface area contributed by atoms with E-state index in [1.165, 1.54) is 48.5 Å². The minimum Gasteiger partial charge on any atom is -0.394 e. The Hall–Kier alpha value is -2.73. The molecule has 0 aliphatic rings. The zero-order chi connectivity index (χ0) is 27.5. The lowest BCUT2D eigenvalue weighted by Crippen LogP contribution is -2.42. The lowest BCUT2D eigenvalue weighted by atomic mass is 10.1. The molecule has 6 unspecified atom stereocenters. The van der Waals surface area contributed by atoms with Crippen LogP contribution in [0.25, 0.3) is 0 Å². The van der Waals surface area contributed by atoms with E-state index in [4.69, 9.17) is 10.2 Å². The van der Waals surface area contributed by atoms with Gasteiger partial charge < -0.3 is 30.6 Å². The molecule has 15 heteroatoms. The predicted octanol–water partition coefficient (Wildman–Crippen LogP) is -0.459. The van der Waals surface area contributed by atoms with E-state index in [1.807, 2.05) is 0 Å². The smallest absolute Gasteiger partial charge is 0.269 e. The van der Waals surface area contributed by atoms with Gasteiger partial charge in [-0.2, -0.15) is 0 Å². The number of nitro groups is 2. The van der Waals surface area contributed by atoms with Crippen molar-refractivity contribution >= 4 is 23.1 Å². The minimum absolute atomic E-state index is 0.183. The van der Waals surface area contributed by atoms with E-state index in [9.17, 15) is 40.7 Å². The molecule has 14 nitrogen and oxygen atoms in total. The molecule has 204 valence electrons. The van der Waals surface area contributed by atoms with Crippen molar-refractivity contribution in [2.45, 2.75) is 35.2 Å². The highest BCUT2D eigenvalue weighted by atomic mass is 32.2. The monoisotopic (exact) mass is 542 g/mol. The number of non-ortho nitro benzene ring substituents is 2. The standard InChI is InChI=1S/C22H30N4O10S/c27-11-17(29)9-23-21(31)19(13-1-5-15(6-2-13)25(33)34)37-20(22(32)24-10-18(30)12-28)14-3-7-16(8-4-14)26(35)36/h1-8,17-24,27-32H,9-12H2. The number of nitrogens with zero attached hydrogens (tertiary/aromatic N) is 2. The Bertz CT molecular complexity index is 918. The van der Waals surface area contributed by atoms with Crippen molar-refractivity contribution in [3.63, 3.8) is 0 Å². The summed E-state index contributed by atoms with van der Waals surface area (Å²) in [7, 11) is 0. The normalized spacial score (nSPS) is 16.4. The summed E-state index contributed by atoms with van der Waals surface area (Å²) in [4.78, 5) is 21.0. The van der Waals surface area contributed by atoms with E-state index in [1.54, 1.807) is 0 Å². The molecule has 0 aromatic heterocycles. The Balaban J connectivity index is 2.42. The lowest BCUT2D eigenvalue weighted by molar-refractivity contribution is -0.385. The van der Waals surface area contributed by atoms with Gasteiger partial charge >= 0.3 is 0 Å². The molecule has 0 saturated carbocycles.